The highest BCUT2D eigenvalue weighted by Gasteiger charge is 2.11. The van der Waals surface area contributed by atoms with E-state index >= 15 is 0 Å². The summed E-state index contributed by atoms with van der Waals surface area (Å²) in [5.74, 6) is 0.815. The first-order valence-corrected chi connectivity index (χ1v) is 7.55. The Morgan fingerprint density at radius 3 is 2.67 bits per heavy atom. The van der Waals surface area contributed by atoms with Crippen LogP contribution in [0, 0.1) is 13.8 Å². The van der Waals surface area contributed by atoms with Crippen molar-refractivity contribution in [2.45, 2.75) is 31.0 Å². The maximum absolute atomic E-state index is 4.61. The van der Waals surface area contributed by atoms with Gasteiger partial charge in [-0.2, -0.15) is 0 Å². The van der Waals surface area contributed by atoms with Gasteiger partial charge in [0, 0.05) is 30.3 Å². The van der Waals surface area contributed by atoms with E-state index in [4.69, 9.17) is 0 Å². The second-order valence-electron chi connectivity index (χ2n) is 4.66. The Bertz CT molecular complexity index is 762. The van der Waals surface area contributed by atoms with Gasteiger partial charge in [0.25, 0.3) is 0 Å². The summed E-state index contributed by atoms with van der Waals surface area (Å²) in [4.78, 5) is 17.9. The lowest BCUT2D eigenvalue weighted by Gasteiger charge is -2.07. The van der Waals surface area contributed by atoms with Crippen LogP contribution in [-0.4, -0.2) is 30.9 Å². The van der Waals surface area contributed by atoms with Gasteiger partial charge in [-0.3, -0.25) is 0 Å². The number of nitrogens with one attached hydrogen (secondary N) is 1. The maximum atomic E-state index is 4.61. The van der Waals surface area contributed by atoms with E-state index < -0.39 is 0 Å². The number of imidazole rings is 1. The summed E-state index contributed by atoms with van der Waals surface area (Å²) in [6.45, 7) is 6.79. The van der Waals surface area contributed by atoms with Crippen LogP contribution in [0.5, 0.6) is 0 Å². The van der Waals surface area contributed by atoms with Crippen LogP contribution in [0.2, 0.25) is 0 Å². The zero-order valence-electron chi connectivity index (χ0n) is 12.2. The first kappa shape index (κ1) is 13.8. The number of aromatic nitrogens is 5. The van der Waals surface area contributed by atoms with E-state index in [9.17, 15) is 0 Å². The summed E-state index contributed by atoms with van der Waals surface area (Å²) in [6, 6.07) is 1.96. The molecule has 0 atom stereocenters. The molecule has 3 aromatic rings. The quantitative estimate of drug-likeness (QED) is 0.747. The number of anilines is 1. The molecule has 0 amide bonds. The number of hydrogen-bond donors (Lipinski definition) is 1. The third-order valence-corrected chi connectivity index (χ3v) is 3.68. The fraction of sp³-hybridized carbons (Fsp3) is 0.286. The van der Waals surface area contributed by atoms with E-state index in [1.807, 2.05) is 43.6 Å². The molecule has 0 saturated carbocycles. The SMILES string of the molecule is CCNc1cn2ccnc2c(Sc2nc(C)cc(C)n2)n1. The predicted octanol–water partition coefficient (Wildman–Crippen LogP) is 2.72. The summed E-state index contributed by atoms with van der Waals surface area (Å²) in [5, 5.41) is 4.71. The predicted molar refractivity (Wildman–Crippen MR) is 82.8 cm³/mol. The average Bonchev–Trinajstić information content (AvgIpc) is 2.86. The Labute approximate surface area is 127 Å². The molecule has 21 heavy (non-hydrogen) atoms. The molecule has 0 fully saturated rings. The smallest absolute Gasteiger partial charge is 0.194 e. The van der Waals surface area contributed by atoms with Crippen LogP contribution < -0.4 is 5.32 Å². The monoisotopic (exact) mass is 300 g/mol. The molecule has 0 spiro atoms. The van der Waals surface area contributed by atoms with Gasteiger partial charge in [-0.15, -0.1) is 0 Å². The van der Waals surface area contributed by atoms with Crippen molar-refractivity contribution in [1.29, 1.82) is 0 Å². The van der Waals surface area contributed by atoms with Gasteiger partial charge < -0.3 is 9.72 Å². The van der Waals surface area contributed by atoms with Crippen LogP contribution in [-0.2, 0) is 0 Å². The molecule has 0 unspecified atom stereocenters. The van der Waals surface area contributed by atoms with Gasteiger partial charge in [0.1, 0.15) is 10.8 Å². The molecule has 0 radical (unpaired) electrons. The van der Waals surface area contributed by atoms with Crippen LogP contribution >= 0.6 is 11.8 Å². The lowest BCUT2D eigenvalue weighted by molar-refractivity contribution is 0.897. The third-order valence-electron chi connectivity index (χ3n) is 2.85. The summed E-state index contributed by atoms with van der Waals surface area (Å²) in [6.07, 6.45) is 5.60. The lowest BCUT2D eigenvalue weighted by Crippen LogP contribution is -2.03. The van der Waals surface area contributed by atoms with Crippen molar-refractivity contribution in [2.24, 2.45) is 0 Å². The second kappa shape index (κ2) is 5.69. The molecule has 3 aromatic heterocycles. The van der Waals surface area contributed by atoms with Gasteiger partial charge in [-0.1, -0.05) is 0 Å². The van der Waals surface area contributed by atoms with Crippen molar-refractivity contribution < 1.29 is 0 Å². The normalized spacial score (nSPS) is 11.0. The molecular weight excluding hydrogens is 284 g/mol. The average molecular weight is 300 g/mol. The molecule has 108 valence electrons. The number of nitrogens with zero attached hydrogens (tertiary/aromatic N) is 5. The fourth-order valence-electron chi connectivity index (χ4n) is 2.06. The van der Waals surface area contributed by atoms with Crippen LogP contribution in [0.15, 0.2) is 34.8 Å². The maximum Gasteiger partial charge on any atom is 0.194 e. The van der Waals surface area contributed by atoms with E-state index in [0.29, 0.717) is 5.16 Å². The highest BCUT2D eigenvalue weighted by atomic mass is 32.2. The lowest BCUT2D eigenvalue weighted by atomic mass is 10.4. The summed E-state index contributed by atoms with van der Waals surface area (Å²) in [5.41, 5.74) is 2.71. The highest BCUT2D eigenvalue weighted by molar-refractivity contribution is 7.99. The largest absolute Gasteiger partial charge is 0.369 e. The zero-order chi connectivity index (χ0) is 14.8. The molecule has 0 aromatic carbocycles. The van der Waals surface area contributed by atoms with Gasteiger partial charge in [0.05, 0.1) is 6.20 Å². The molecule has 0 aliphatic rings. The molecule has 7 heteroatoms. The van der Waals surface area contributed by atoms with Crippen molar-refractivity contribution >= 4 is 23.2 Å². The van der Waals surface area contributed by atoms with E-state index in [-0.39, 0.29) is 0 Å². The number of rotatable bonds is 4. The Balaban J connectivity index is 2.04. The van der Waals surface area contributed by atoms with Crippen molar-refractivity contribution in [1.82, 2.24) is 24.3 Å². The number of fused-ring (bicyclic) bond motifs is 1. The van der Waals surface area contributed by atoms with Gasteiger partial charge in [0.15, 0.2) is 10.8 Å². The minimum Gasteiger partial charge on any atom is -0.369 e. The van der Waals surface area contributed by atoms with Gasteiger partial charge in [-0.25, -0.2) is 19.9 Å². The first-order valence-electron chi connectivity index (χ1n) is 6.73. The van der Waals surface area contributed by atoms with Gasteiger partial charge in [0.2, 0.25) is 0 Å². The number of aryl methyl sites for hydroxylation is 2. The third kappa shape index (κ3) is 2.97. The summed E-state index contributed by atoms with van der Waals surface area (Å²) < 4.78 is 1.95. The highest BCUT2D eigenvalue weighted by Crippen LogP contribution is 2.27. The van der Waals surface area contributed by atoms with Crippen LogP contribution in [0.3, 0.4) is 0 Å². The van der Waals surface area contributed by atoms with E-state index in [1.165, 1.54) is 11.8 Å². The van der Waals surface area contributed by atoms with E-state index in [0.717, 1.165) is 34.4 Å². The molecule has 0 saturated heterocycles. The second-order valence-corrected chi connectivity index (χ2v) is 5.61. The topological polar surface area (TPSA) is 68.0 Å². The fourth-order valence-corrected chi connectivity index (χ4v) is 3.01. The Morgan fingerprint density at radius 2 is 1.95 bits per heavy atom. The molecule has 6 nitrogen and oxygen atoms in total. The van der Waals surface area contributed by atoms with Gasteiger partial charge >= 0.3 is 0 Å². The minimum atomic E-state index is 0.693. The van der Waals surface area contributed by atoms with Crippen molar-refractivity contribution in [3.05, 3.63) is 36.0 Å². The van der Waals surface area contributed by atoms with E-state index in [1.54, 1.807) is 6.20 Å². The van der Waals surface area contributed by atoms with Crippen molar-refractivity contribution in [3.8, 4) is 0 Å². The standard InChI is InChI=1S/C14H16N6S/c1-4-15-11-8-20-6-5-16-12(20)13(19-11)21-14-17-9(2)7-10(3)18-14/h5-8,15H,4H2,1-3H3. The van der Waals surface area contributed by atoms with Crippen LogP contribution in [0.4, 0.5) is 5.82 Å². The van der Waals surface area contributed by atoms with Crippen molar-refractivity contribution in [3.63, 3.8) is 0 Å². The molecule has 1 N–H and O–H groups in total. The van der Waals surface area contributed by atoms with E-state index in [2.05, 4.69) is 25.3 Å². The summed E-state index contributed by atoms with van der Waals surface area (Å²) >= 11 is 1.43. The Morgan fingerprint density at radius 1 is 1.19 bits per heavy atom. The minimum absolute atomic E-state index is 0.693. The number of hydrogen-bond acceptors (Lipinski definition) is 6. The van der Waals surface area contributed by atoms with Crippen LogP contribution in [0.25, 0.3) is 5.65 Å². The van der Waals surface area contributed by atoms with Crippen molar-refractivity contribution in [2.75, 3.05) is 11.9 Å². The molecule has 0 aliphatic carbocycles. The van der Waals surface area contributed by atoms with Gasteiger partial charge in [-0.05, 0) is 38.6 Å². The first-order chi connectivity index (χ1) is 10.2. The Kier molecular flexibility index (Phi) is 3.74. The summed E-state index contributed by atoms with van der Waals surface area (Å²) in [7, 11) is 0. The zero-order valence-corrected chi connectivity index (χ0v) is 13.0. The molecule has 0 bridgehead atoms. The molecule has 3 rings (SSSR count). The molecule has 3 heterocycles. The van der Waals surface area contributed by atoms with Crippen LogP contribution in [0.1, 0.15) is 18.3 Å². The Hall–Kier alpha value is -2.15. The molecular formula is C14H16N6S. The molecule has 0 aliphatic heterocycles.